The van der Waals surface area contributed by atoms with Crippen LogP contribution >= 0.6 is 0 Å². The van der Waals surface area contributed by atoms with Crippen molar-refractivity contribution in [2.45, 2.75) is 26.2 Å². The van der Waals surface area contributed by atoms with Gasteiger partial charge >= 0.3 is 0 Å². The Labute approximate surface area is 153 Å². The van der Waals surface area contributed by atoms with E-state index >= 15 is 0 Å². The molecule has 2 unspecified atom stereocenters. The highest BCUT2D eigenvalue weighted by Gasteiger charge is 2.41. The molecule has 0 aromatic carbocycles. The largest absolute Gasteiger partial charge is 0.356 e. The molecule has 0 radical (unpaired) electrons. The van der Waals surface area contributed by atoms with E-state index in [9.17, 15) is 5.26 Å². The first-order valence-corrected chi connectivity index (χ1v) is 9.42. The Bertz CT molecular complexity index is 888. The third kappa shape index (κ3) is 2.50. The second kappa shape index (κ2) is 5.94. The molecule has 5 rings (SSSR count). The first-order chi connectivity index (χ1) is 12.7. The molecule has 2 aromatic rings. The number of rotatable bonds is 2. The summed E-state index contributed by atoms with van der Waals surface area (Å²) >= 11 is 0. The Morgan fingerprint density at radius 3 is 2.54 bits per heavy atom. The first kappa shape index (κ1) is 15.6. The fourth-order valence-electron chi connectivity index (χ4n) is 4.75. The number of nitriles is 1. The zero-order chi connectivity index (χ0) is 17.7. The lowest BCUT2D eigenvalue weighted by atomic mass is 10.0. The molecular formula is C20H22N6. The SMILES string of the molecule is Cc1cc(N2CC3CN(c4nc5c(cc4C#N)CCC5)CC3C2)ncn1. The van der Waals surface area contributed by atoms with Crippen LogP contribution in [0.5, 0.6) is 0 Å². The predicted octanol–water partition coefficient (Wildman–Crippen LogP) is 2.11. The molecule has 2 saturated heterocycles. The van der Waals surface area contributed by atoms with Gasteiger partial charge < -0.3 is 9.80 Å². The van der Waals surface area contributed by atoms with E-state index in [1.807, 2.05) is 6.92 Å². The predicted molar refractivity (Wildman–Crippen MR) is 99.2 cm³/mol. The summed E-state index contributed by atoms with van der Waals surface area (Å²) in [7, 11) is 0. The quantitative estimate of drug-likeness (QED) is 0.830. The number of aromatic nitrogens is 3. The van der Waals surface area contributed by atoms with Crippen molar-refractivity contribution in [3.8, 4) is 6.07 Å². The van der Waals surface area contributed by atoms with Crippen LogP contribution in [0.4, 0.5) is 11.6 Å². The van der Waals surface area contributed by atoms with Gasteiger partial charge in [0.05, 0.1) is 5.56 Å². The summed E-state index contributed by atoms with van der Waals surface area (Å²) in [6, 6.07) is 6.52. The standard InChI is InChI=1S/C20H22N6/c1-13-5-19(23-12-22-13)25-8-16-10-26(11-17(16)9-25)20-15(7-21)6-14-3-2-4-18(14)24-20/h5-6,12,16-17H,2-4,8-11H2,1H3. The summed E-state index contributed by atoms with van der Waals surface area (Å²) in [6.45, 7) is 6.00. The highest BCUT2D eigenvalue weighted by Crippen LogP contribution is 2.37. The number of pyridine rings is 1. The number of nitrogens with zero attached hydrogens (tertiary/aromatic N) is 6. The Hall–Kier alpha value is -2.68. The number of fused-ring (bicyclic) bond motifs is 2. The van der Waals surface area contributed by atoms with Crippen molar-refractivity contribution >= 4 is 11.6 Å². The molecule has 2 fully saturated rings. The van der Waals surface area contributed by atoms with Crippen LogP contribution in [-0.4, -0.2) is 41.1 Å². The normalized spacial score (nSPS) is 23.8. The van der Waals surface area contributed by atoms with Gasteiger partial charge in [-0.1, -0.05) is 0 Å². The molecule has 26 heavy (non-hydrogen) atoms. The molecule has 6 heteroatoms. The van der Waals surface area contributed by atoms with E-state index in [0.29, 0.717) is 11.8 Å². The van der Waals surface area contributed by atoms with Crippen LogP contribution in [0.15, 0.2) is 18.5 Å². The lowest BCUT2D eigenvalue weighted by Gasteiger charge is -2.24. The van der Waals surface area contributed by atoms with E-state index < -0.39 is 0 Å². The number of anilines is 2. The molecule has 0 amide bonds. The highest BCUT2D eigenvalue weighted by atomic mass is 15.3. The zero-order valence-electron chi connectivity index (χ0n) is 15.0. The number of hydrogen-bond acceptors (Lipinski definition) is 6. The third-order valence-electron chi connectivity index (χ3n) is 6.05. The van der Waals surface area contributed by atoms with Gasteiger partial charge in [0, 0.05) is 55.5 Å². The fraction of sp³-hybridized carbons (Fsp3) is 0.500. The average Bonchev–Trinajstić information content (AvgIpc) is 3.34. The second-order valence-electron chi connectivity index (χ2n) is 7.78. The van der Waals surface area contributed by atoms with E-state index in [0.717, 1.165) is 68.3 Å². The van der Waals surface area contributed by atoms with Crippen molar-refractivity contribution in [2.75, 3.05) is 36.0 Å². The van der Waals surface area contributed by atoms with E-state index in [1.165, 1.54) is 11.3 Å². The zero-order valence-corrected chi connectivity index (χ0v) is 15.0. The Kier molecular flexibility index (Phi) is 3.56. The maximum atomic E-state index is 9.59. The lowest BCUT2D eigenvalue weighted by molar-refractivity contribution is 0.533. The van der Waals surface area contributed by atoms with Crippen LogP contribution in [-0.2, 0) is 12.8 Å². The molecule has 2 atom stereocenters. The van der Waals surface area contributed by atoms with Crippen molar-refractivity contribution in [1.29, 1.82) is 5.26 Å². The topological polar surface area (TPSA) is 68.9 Å². The van der Waals surface area contributed by atoms with Crippen molar-refractivity contribution in [1.82, 2.24) is 15.0 Å². The smallest absolute Gasteiger partial charge is 0.146 e. The molecule has 0 bridgehead atoms. The molecule has 0 N–H and O–H groups in total. The molecule has 0 saturated carbocycles. The van der Waals surface area contributed by atoms with E-state index in [4.69, 9.17) is 4.98 Å². The van der Waals surface area contributed by atoms with E-state index in [1.54, 1.807) is 6.33 Å². The second-order valence-corrected chi connectivity index (χ2v) is 7.78. The summed E-state index contributed by atoms with van der Waals surface area (Å²) in [5.74, 6) is 3.15. The molecule has 132 valence electrons. The summed E-state index contributed by atoms with van der Waals surface area (Å²) in [5.41, 5.74) is 4.23. The number of aryl methyl sites for hydroxylation is 3. The molecular weight excluding hydrogens is 324 g/mol. The summed E-state index contributed by atoms with van der Waals surface area (Å²) in [5, 5.41) is 9.59. The average molecular weight is 346 g/mol. The lowest BCUT2D eigenvalue weighted by Crippen LogP contribution is -2.30. The monoisotopic (exact) mass is 346 g/mol. The molecule has 6 nitrogen and oxygen atoms in total. The minimum Gasteiger partial charge on any atom is -0.356 e. The minimum atomic E-state index is 0.604. The molecule has 2 aliphatic heterocycles. The fourth-order valence-corrected chi connectivity index (χ4v) is 4.75. The Balaban J connectivity index is 1.35. The molecule has 1 aliphatic carbocycles. The van der Waals surface area contributed by atoms with Crippen LogP contribution < -0.4 is 9.80 Å². The summed E-state index contributed by atoms with van der Waals surface area (Å²) in [4.78, 5) is 18.2. The van der Waals surface area contributed by atoms with Gasteiger partial charge in [0.25, 0.3) is 0 Å². The molecule has 0 spiro atoms. The first-order valence-electron chi connectivity index (χ1n) is 9.42. The van der Waals surface area contributed by atoms with Gasteiger partial charge in [0.15, 0.2) is 0 Å². The van der Waals surface area contributed by atoms with Crippen LogP contribution in [0.25, 0.3) is 0 Å². The van der Waals surface area contributed by atoms with E-state index in [-0.39, 0.29) is 0 Å². The Morgan fingerprint density at radius 2 is 1.81 bits per heavy atom. The van der Waals surface area contributed by atoms with Crippen LogP contribution in [0.2, 0.25) is 0 Å². The van der Waals surface area contributed by atoms with Gasteiger partial charge in [0.2, 0.25) is 0 Å². The van der Waals surface area contributed by atoms with Crippen LogP contribution in [0.1, 0.15) is 28.9 Å². The van der Waals surface area contributed by atoms with Gasteiger partial charge in [-0.25, -0.2) is 15.0 Å². The van der Waals surface area contributed by atoms with Crippen LogP contribution in [0.3, 0.4) is 0 Å². The van der Waals surface area contributed by atoms with Gasteiger partial charge in [-0.3, -0.25) is 0 Å². The third-order valence-corrected chi connectivity index (χ3v) is 6.05. The summed E-state index contributed by atoms with van der Waals surface area (Å²) < 4.78 is 0. The maximum Gasteiger partial charge on any atom is 0.146 e. The minimum absolute atomic E-state index is 0.604. The maximum absolute atomic E-state index is 9.59. The van der Waals surface area contributed by atoms with Crippen molar-refractivity contribution in [3.05, 3.63) is 41.0 Å². The van der Waals surface area contributed by atoms with Gasteiger partial charge in [0.1, 0.15) is 24.0 Å². The van der Waals surface area contributed by atoms with E-state index in [2.05, 4.69) is 38.0 Å². The molecule has 3 aliphatic rings. The summed E-state index contributed by atoms with van der Waals surface area (Å²) in [6.07, 6.45) is 4.93. The van der Waals surface area contributed by atoms with Crippen molar-refractivity contribution in [3.63, 3.8) is 0 Å². The van der Waals surface area contributed by atoms with Gasteiger partial charge in [-0.15, -0.1) is 0 Å². The number of hydrogen-bond donors (Lipinski definition) is 0. The highest BCUT2D eigenvalue weighted by molar-refractivity contribution is 5.58. The van der Waals surface area contributed by atoms with Crippen LogP contribution in [0, 0.1) is 30.1 Å². The van der Waals surface area contributed by atoms with Gasteiger partial charge in [-0.05, 0) is 37.8 Å². The van der Waals surface area contributed by atoms with Gasteiger partial charge in [-0.2, -0.15) is 5.26 Å². The van der Waals surface area contributed by atoms with Crippen molar-refractivity contribution < 1.29 is 0 Å². The Morgan fingerprint density at radius 1 is 1.04 bits per heavy atom. The molecule has 2 aromatic heterocycles. The molecule has 4 heterocycles. The van der Waals surface area contributed by atoms with Crippen molar-refractivity contribution in [2.24, 2.45) is 11.8 Å².